The number of hydrogen-bond acceptors (Lipinski definition) is 6. The minimum Gasteiger partial charge on any atom is -0.444 e. The predicted octanol–water partition coefficient (Wildman–Crippen LogP) is 3.39. The van der Waals surface area contributed by atoms with Crippen LogP contribution in [0.2, 0.25) is 0 Å². The fourth-order valence-corrected chi connectivity index (χ4v) is 2.58. The Morgan fingerprint density at radius 3 is 2.21 bits per heavy atom. The third-order valence-corrected chi connectivity index (χ3v) is 4.85. The number of anilines is 2. The van der Waals surface area contributed by atoms with Crippen molar-refractivity contribution in [3.63, 3.8) is 0 Å². The van der Waals surface area contributed by atoms with Gasteiger partial charge in [-0.15, -0.1) is 0 Å². The summed E-state index contributed by atoms with van der Waals surface area (Å²) in [6.07, 6.45) is 1.38. The Morgan fingerprint density at radius 2 is 1.71 bits per heavy atom. The summed E-state index contributed by atoms with van der Waals surface area (Å²) >= 11 is 0. The number of nitrogens with one attached hydrogen (secondary N) is 1. The van der Waals surface area contributed by atoms with Gasteiger partial charge in [0.05, 0.1) is 22.6 Å². The molecule has 0 unspecified atom stereocenters. The van der Waals surface area contributed by atoms with Gasteiger partial charge in [-0.25, -0.2) is 4.79 Å². The summed E-state index contributed by atoms with van der Waals surface area (Å²) in [7, 11) is -0.612. The van der Waals surface area contributed by atoms with Crippen LogP contribution in [-0.2, 0) is 14.0 Å². The molecular formula is C20H32BN3O4. The molecule has 1 fully saturated rings. The lowest BCUT2D eigenvalue weighted by Gasteiger charge is -2.32. The van der Waals surface area contributed by atoms with E-state index < -0.39 is 30.0 Å². The van der Waals surface area contributed by atoms with E-state index in [9.17, 15) is 4.79 Å². The summed E-state index contributed by atoms with van der Waals surface area (Å²) in [5.74, 6) is 0. The molecule has 5 N–H and O–H groups in total. The van der Waals surface area contributed by atoms with Gasteiger partial charge in [0.2, 0.25) is 0 Å². The molecule has 2 rings (SSSR count). The highest BCUT2D eigenvalue weighted by Crippen LogP contribution is 2.38. The molecule has 1 aromatic carbocycles. The Hall–Kier alpha value is -2.19. The van der Waals surface area contributed by atoms with E-state index in [0.29, 0.717) is 11.4 Å². The van der Waals surface area contributed by atoms with Crippen LogP contribution in [0, 0.1) is 0 Å². The molecule has 28 heavy (non-hydrogen) atoms. The molecule has 7 nitrogen and oxygen atoms in total. The number of ether oxygens (including phenoxy) is 1. The van der Waals surface area contributed by atoms with Gasteiger partial charge in [-0.3, -0.25) is 0 Å². The molecule has 0 spiro atoms. The van der Waals surface area contributed by atoms with Crippen LogP contribution < -0.4 is 16.8 Å². The van der Waals surface area contributed by atoms with Gasteiger partial charge in [-0.05, 0) is 71.6 Å². The Bertz CT molecular complexity index is 753. The van der Waals surface area contributed by atoms with Crippen LogP contribution in [0.3, 0.4) is 0 Å². The average molecular weight is 389 g/mol. The number of hydrogen-bond donors (Lipinski definition) is 3. The Kier molecular flexibility index (Phi) is 6.06. The standard InChI is InChI=1S/C20H32BN3O4/c1-18(2,3)26-17(25)24-12-14(10-13-8-9-15(22)16(23)11-13)21-27-19(4,5)20(6,7)28-21/h8-11H,12,22-23H2,1-7H3,(H,24,25). The van der Waals surface area contributed by atoms with Gasteiger partial charge in [-0.1, -0.05) is 12.1 Å². The van der Waals surface area contributed by atoms with E-state index >= 15 is 0 Å². The highest BCUT2D eigenvalue weighted by molar-refractivity contribution is 6.56. The maximum absolute atomic E-state index is 12.1. The molecule has 0 saturated carbocycles. The van der Waals surface area contributed by atoms with Gasteiger partial charge in [0.15, 0.2) is 0 Å². The molecule has 0 bridgehead atoms. The van der Waals surface area contributed by atoms with E-state index in [4.69, 9.17) is 25.5 Å². The van der Waals surface area contributed by atoms with Crippen molar-refractivity contribution in [3.05, 3.63) is 29.2 Å². The zero-order valence-corrected chi connectivity index (χ0v) is 17.9. The third-order valence-electron chi connectivity index (χ3n) is 4.85. The first-order valence-electron chi connectivity index (χ1n) is 9.38. The molecule has 1 aromatic rings. The lowest BCUT2D eigenvalue weighted by Crippen LogP contribution is -2.41. The Morgan fingerprint density at radius 1 is 1.14 bits per heavy atom. The number of rotatable bonds is 4. The van der Waals surface area contributed by atoms with Crippen molar-refractivity contribution < 1.29 is 18.8 Å². The monoisotopic (exact) mass is 389 g/mol. The van der Waals surface area contributed by atoms with Gasteiger partial charge in [-0.2, -0.15) is 0 Å². The first kappa shape index (κ1) is 22.1. The Labute approximate surface area is 167 Å². The molecule has 8 heteroatoms. The molecule has 0 aliphatic carbocycles. The van der Waals surface area contributed by atoms with Gasteiger partial charge >= 0.3 is 13.2 Å². The smallest absolute Gasteiger partial charge is 0.444 e. The third kappa shape index (κ3) is 5.42. The van der Waals surface area contributed by atoms with Crippen LogP contribution in [-0.4, -0.2) is 36.6 Å². The second kappa shape index (κ2) is 7.68. The SMILES string of the molecule is CC(C)(C)OC(=O)NCC(=Cc1ccc(N)c(N)c1)B1OC(C)(C)C(C)(C)O1. The number of nitrogens with two attached hydrogens (primary N) is 2. The largest absolute Gasteiger partial charge is 0.492 e. The van der Waals surface area contributed by atoms with E-state index in [1.54, 1.807) is 12.1 Å². The van der Waals surface area contributed by atoms with E-state index in [1.165, 1.54) is 0 Å². The first-order chi connectivity index (χ1) is 12.7. The first-order valence-corrected chi connectivity index (χ1v) is 9.38. The zero-order chi connectivity index (χ0) is 21.3. The van der Waals surface area contributed by atoms with E-state index in [0.717, 1.165) is 11.0 Å². The molecule has 1 saturated heterocycles. The van der Waals surface area contributed by atoms with Crippen LogP contribution in [0.1, 0.15) is 54.0 Å². The average Bonchev–Trinajstić information content (AvgIpc) is 2.73. The maximum atomic E-state index is 12.1. The fraction of sp³-hybridized carbons (Fsp3) is 0.550. The van der Waals surface area contributed by atoms with Crippen LogP contribution >= 0.6 is 0 Å². The quantitative estimate of drug-likeness (QED) is 0.538. The second-order valence-corrected chi connectivity index (χ2v) is 9.05. The number of nitrogen functional groups attached to an aromatic ring is 2. The van der Waals surface area contributed by atoms with Crippen LogP contribution in [0.5, 0.6) is 0 Å². The van der Waals surface area contributed by atoms with Crippen molar-refractivity contribution >= 4 is 30.7 Å². The lowest BCUT2D eigenvalue weighted by molar-refractivity contribution is 0.00578. The van der Waals surface area contributed by atoms with Gasteiger partial charge in [0, 0.05) is 6.54 Å². The molecule has 154 valence electrons. The topological polar surface area (TPSA) is 109 Å². The van der Waals surface area contributed by atoms with Crippen molar-refractivity contribution in [1.82, 2.24) is 5.32 Å². The molecule has 1 aliphatic rings. The normalized spacial score (nSPS) is 18.8. The number of carbonyl (C=O) groups excluding carboxylic acids is 1. The van der Waals surface area contributed by atoms with E-state index in [-0.39, 0.29) is 6.54 Å². The van der Waals surface area contributed by atoms with Crippen molar-refractivity contribution in [3.8, 4) is 0 Å². The van der Waals surface area contributed by atoms with Crippen molar-refractivity contribution in [2.45, 2.75) is 65.3 Å². The summed E-state index contributed by atoms with van der Waals surface area (Å²) < 4.78 is 17.6. The summed E-state index contributed by atoms with van der Waals surface area (Å²) in [6, 6.07) is 5.36. The summed E-state index contributed by atoms with van der Waals surface area (Å²) in [4.78, 5) is 12.1. The molecule has 1 heterocycles. The fourth-order valence-electron chi connectivity index (χ4n) is 2.58. The zero-order valence-electron chi connectivity index (χ0n) is 17.9. The molecule has 1 aliphatic heterocycles. The highest BCUT2D eigenvalue weighted by atomic mass is 16.7. The molecule has 0 radical (unpaired) electrons. The summed E-state index contributed by atoms with van der Waals surface area (Å²) in [6.45, 7) is 13.6. The predicted molar refractivity (Wildman–Crippen MR) is 114 cm³/mol. The van der Waals surface area contributed by atoms with E-state index in [2.05, 4.69) is 5.32 Å². The van der Waals surface area contributed by atoms with Crippen molar-refractivity contribution in [1.29, 1.82) is 0 Å². The van der Waals surface area contributed by atoms with Crippen LogP contribution in [0.15, 0.2) is 23.7 Å². The molecule has 0 atom stereocenters. The van der Waals surface area contributed by atoms with Crippen molar-refractivity contribution in [2.24, 2.45) is 0 Å². The molecular weight excluding hydrogens is 357 g/mol. The summed E-state index contributed by atoms with van der Waals surface area (Å²) in [5.41, 5.74) is 12.7. The van der Waals surface area contributed by atoms with E-state index in [1.807, 2.05) is 60.6 Å². The number of alkyl carbamates (subject to hydrolysis) is 1. The van der Waals surface area contributed by atoms with Crippen LogP contribution in [0.4, 0.5) is 16.2 Å². The minimum absolute atomic E-state index is 0.204. The number of amides is 1. The number of carbonyl (C=O) groups is 1. The highest BCUT2D eigenvalue weighted by Gasteiger charge is 2.52. The maximum Gasteiger partial charge on any atom is 0.492 e. The molecule has 1 amide bonds. The second-order valence-electron chi connectivity index (χ2n) is 9.05. The van der Waals surface area contributed by atoms with Gasteiger partial charge in [0.1, 0.15) is 5.60 Å². The van der Waals surface area contributed by atoms with Crippen LogP contribution in [0.25, 0.3) is 6.08 Å². The minimum atomic E-state index is -0.612. The Balaban J connectivity index is 2.27. The van der Waals surface area contributed by atoms with Gasteiger partial charge in [0.25, 0.3) is 0 Å². The van der Waals surface area contributed by atoms with Gasteiger partial charge < -0.3 is 30.8 Å². The lowest BCUT2D eigenvalue weighted by atomic mass is 9.77. The molecule has 0 aromatic heterocycles. The number of benzene rings is 1. The summed E-state index contributed by atoms with van der Waals surface area (Å²) in [5, 5.41) is 2.77. The van der Waals surface area contributed by atoms with Crippen molar-refractivity contribution in [2.75, 3.05) is 18.0 Å².